The van der Waals surface area contributed by atoms with Crippen molar-refractivity contribution < 1.29 is 9.22 Å². The predicted molar refractivity (Wildman–Crippen MR) is 73.4 cm³/mol. The topological polar surface area (TPSA) is 26.3 Å². The van der Waals surface area contributed by atoms with Crippen LogP contribution in [0.1, 0.15) is 17.9 Å². The van der Waals surface area contributed by atoms with Gasteiger partial charge < -0.3 is 4.43 Å². The highest BCUT2D eigenvalue weighted by Gasteiger charge is 2.22. The molecule has 2 nitrogen and oxygen atoms in total. The van der Waals surface area contributed by atoms with E-state index in [1.807, 2.05) is 50.0 Å². The largest absolute Gasteiger partial charge is 0.520 e. The molecule has 0 saturated heterocycles. The van der Waals surface area contributed by atoms with Gasteiger partial charge >= 0.3 is 0 Å². The Hall–Kier alpha value is -1.35. The Morgan fingerprint density at radius 2 is 1.94 bits per heavy atom. The van der Waals surface area contributed by atoms with Crippen LogP contribution in [0.4, 0.5) is 0 Å². The van der Waals surface area contributed by atoms with Gasteiger partial charge in [-0.15, -0.1) is 6.58 Å². The van der Waals surface area contributed by atoms with Crippen molar-refractivity contribution in [1.29, 1.82) is 0 Å². The zero-order valence-corrected chi connectivity index (χ0v) is 11.8. The summed E-state index contributed by atoms with van der Waals surface area (Å²) >= 11 is 0. The first-order valence-corrected chi connectivity index (χ1v) is 9.22. The average molecular weight is 248 g/mol. The van der Waals surface area contributed by atoms with Crippen molar-refractivity contribution in [1.82, 2.24) is 0 Å². The first-order chi connectivity index (χ1) is 7.92. The fraction of sp³-hybridized carbons (Fsp3) is 0.357. The number of rotatable bonds is 5. The van der Waals surface area contributed by atoms with Crippen LogP contribution in [0.3, 0.4) is 0 Å². The Kier molecular flexibility index (Phi) is 4.69. The molecule has 0 spiro atoms. The van der Waals surface area contributed by atoms with Crippen LogP contribution in [0.2, 0.25) is 19.6 Å². The van der Waals surface area contributed by atoms with Gasteiger partial charge in [0.05, 0.1) is 6.42 Å². The second-order valence-electron chi connectivity index (χ2n) is 5.04. The van der Waals surface area contributed by atoms with Crippen LogP contribution >= 0.6 is 0 Å². The van der Waals surface area contributed by atoms with E-state index in [-0.39, 0.29) is 11.9 Å². The maximum Gasteiger partial charge on any atom is 0.293 e. The maximum absolute atomic E-state index is 11.8. The van der Waals surface area contributed by atoms with E-state index in [4.69, 9.17) is 4.43 Å². The van der Waals surface area contributed by atoms with Crippen molar-refractivity contribution in [2.75, 3.05) is 0 Å². The van der Waals surface area contributed by atoms with Crippen molar-refractivity contribution in [2.24, 2.45) is 0 Å². The average Bonchev–Trinajstić information content (AvgIpc) is 2.24. The van der Waals surface area contributed by atoms with Gasteiger partial charge in [-0.25, -0.2) is 0 Å². The Morgan fingerprint density at radius 3 is 2.41 bits per heavy atom. The molecule has 0 fully saturated rings. The number of carbonyl (C=O) groups is 1. The van der Waals surface area contributed by atoms with Crippen LogP contribution in [-0.4, -0.2) is 14.3 Å². The van der Waals surface area contributed by atoms with E-state index in [0.717, 1.165) is 5.56 Å². The van der Waals surface area contributed by atoms with Gasteiger partial charge in [-0.1, -0.05) is 36.4 Å². The molecular weight excluding hydrogens is 228 g/mol. The normalized spacial score (nSPS) is 12.9. The molecule has 3 heteroatoms. The summed E-state index contributed by atoms with van der Waals surface area (Å²) in [7, 11) is -1.78. The van der Waals surface area contributed by atoms with E-state index in [0.29, 0.717) is 6.42 Å². The summed E-state index contributed by atoms with van der Waals surface area (Å²) in [6, 6.07) is 9.91. The van der Waals surface area contributed by atoms with Crippen LogP contribution in [-0.2, 0) is 9.22 Å². The zero-order chi connectivity index (χ0) is 12.9. The third kappa shape index (κ3) is 5.00. The molecule has 1 rings (SSSR count). The summed E-state index contributed by atoms with van der Waals surface area (Å²) in [5.41, 5.74) is 1.11. The summed E-state index contributed by atoms with van der Waals surface area (Å²) in [5, 5.41) is 0. The summed E-state index contributed by atoms with van der Waals surface area (Å²) in [5.74, 6) is -0.0852. The van der Waals surface area contributed by atoms with Crippen LogP contribution in [0.5, 0.6) is 0 Å². The van der Waals surface area contributed by atoms with Crippen LogP contribution in [0.15, 0.2) is 43.0 Å². The summed E-state index contributed by atoms with van der Waals surface area (Å²) < 4.78 is 5.44. The Balaban J connectivity index is 2.66. The van der Waals surface area contributed by atoms with Gasteiger partial charge in [-0.2, -0.15) is 0 Å². The quantitative estimate of drug-likeness (QED) is 0.586. The van der Waals surface area contributed by atoms with Gasteiger partial charge in [0.2, 0.25) is 8.32 Å². The van der Waals surface area contributed by atoms with E-state index < -0.39 is 8.32 Å². The number of hydrogen-bond acceptors (Lipinski definition) is 2. The van der Waals surface area contributed by atoms with E-state index in [1.165, 1.54) is 0 Å². The summed E-state index contributed by atoms with van der Waals surface area (Å²) in [6.07, 6.45) is 2.18. The molecule has 0 aliphatic carbocycles. The smallest absolute Gasteiger partial charge is 0.293 e. The number of allylic oxidation sites excluding steroid dienone is 1. The first kappa shape index (κ1) is 13.7. The Labute approximate surface area is 104 Å². The van der Waals surface area contributed by atoms with Gasteiger partial charge in [-0.3, -0.25) is 4.79 Å². The molecule has 0 heterocycles. The van der Waals surface area contributed by atoms with Crippen LogP contribution < -0.4 is 0 Å². The molecule has 0 unspecified atom stereocenters. The van der Waals surface area contributed by atoms with E-state index >= 15 is 0 Å². The minimum Gasteiger partial charge on any atom is -0.520 e. The number of hydrogen-bond donors (Lipinski definition) is 0. The standard InChI is InChI=1S/C14H20O2Si/c1-5-12(13-9-7-6-8-10-13)11-14(15)16-17(2,3)4/h5-10,12H,1,11H2,2-4H3/t12-/m1/s1. The van der Waals surface area contributed by atoms with Crippen LogP contribution in [0.25, 0.3) is 0 Å². The molecule has 0 aromatic heterocycles. The number of benzene rings is 1. The molecule has 0 aliphatic rings. The Bertz CT molecular complexity index is 379. The molecule has 17 heavy (non-hydrogen) atoms. The van der Waals surface area contributed by atoms with Crippen molar-refractivity contribution in [3.63, 3.8) is 0 Å². The van der Waals surface area contributed by atoms with Crippen molar-refractivity contribution >= 4 is 14.3 Å². The lowest BCUT2D eigenvalue weighted by Gasteiger charge is -2.19. The lowest BCUT2D eigenvalue weighted by atomic mass is 9.96. The zero-order valence-electron chi connectivity index (χ0n) is 10.8. The Morgan fingerprint density at radius 1 is 1.35 bits per heavy atom. The van der Waals surface area contributed by atoms with Gasteiger partial charge in [-0.05, 0) is 25.2 Å². The number of carbonyl (C=O) groups excluding carboxylic acids is 1. The highest BCUT2D eigenvalue weighted by atomic mass is 28.4. The fourth-order valence-corrected chi connectivity index (χ4v) is 2.37. The fourth-order valence-electron chi connectivity index (χ4n) is 1.60. The molecule has 0 amide bonds. The summed E-state index contributed by atoms with van der Waals surface area (Å²) in [6.45, 7) is 9.82. The molecule has 0 N–H and O–H groups in total. The van der Waals surface area contributed by atoms with Crippen molar-refractivity contribution in [3.05, 3.63) is 48.6 Å². The third-order valence-electron chi connectivity index (χ3n) is 2.32. The molecule has 1 aromatic carbocycles. The van der Waals surface area contributed by atoms with Gasteiger partial charge in [0.25, 0.3) is 5.97 Å². The molecule has 0 saturated carbocycles. The highest BCUT2D eigenvalue weighted by Crippen LogP contribution is 2.21. The maximum atomic E-state index is 11.8. The van der Waals surface area contributed by atoms with Crippen molar-refractivity contribution in [2.45, 2.75) is 32.0 Å². The minimum absolute atomic E-state index is 0.0417. The molecule has 92 valence electrons. The summed E-state index contributed by atoms with van der Waals surface area (Å²) in [4.78, 5) is 11.8. The second kappa shape index (κ2) is 5.82. The van der Waals surface area contributed by atoms with E-state index in [1.54, 1.807) is 6.08 Å². The minimum atomic E-state index is -1.78. The lowest BCUT2D eigenvalue weighted by molar-refractivity contribution is -0.135. The molecule has 1 aromatic rings. The monoisotopic (exact) mass is 248 g/mol. The lowest BCUT2D eigenvalue weighted by Crippen LogP contribution is -2.29. The highest BCUT2D eigenvalue weighted by molar-refractivity contribution is 6.71. The van der Waals surface area contributed by atoms with Gasteiger partial charge in [0, 0.05) is 5.92 Å². The molecule has 0 aliphatic heterocycles. The predicted octanol–water partition coefficient (Wildman–Crippen LogP) is 3.72. The second-order valence-corrected chi connectivity index (χ2v) is 9.47. The SMILES string of the molecule is C=C[C@H](CC(=O)O[Si](C)(C)C)c1ccccc1. The third-order valence-corrected chi connectivity index (χ3v) is 3.16. The van der Waals surface area contributed by atoms with Crippen LogP contribution in [0, 0.1) is 0 Å². The van der Waals surface area contributed by atoms with E-state index in [9.17, 15) is 4.79 Å². The first-order valence-electron chi connectivity index (χ1n) is 5.82. The van der Waals surface area contributed by atoms with Gasteiger partial charge in [0.1, 0.15) is 0 Å². The molecular formula is C14H20O2Si. The molecule has 1 atom stereocenters. The molecule has 0 radical (unpaired) electrons. The molecule has 0 bridgehead atoms. The van der Waals surface area contributed by atoms with Gasteiger partial charge in [0.15, 0.2) is 0 Å². The van der Waals surface area contributed by atoms with E-state index in [2.05, 4.69) is 6.58 Å². The van der Waals surface area contributed by atoms with Crippen molar-refractivity contribution in [3.8, 4) is 0 Å².